The highest BCUT2D eigenvalue weighted by molar-refractivity contribution is 7.99. The highest BCUT2D eigenvalue weighted by Gasteiger charge is 2.19. The monoisotopic (exact) mass is 364 g/mol. The third-order valence-corrected chi connectivity index (χ3v) is 4.86. The third-order valence-electron chi connectivity index (χ3n) is 3.89. The predicted molar refractivity (Wildman–Crippen MR) is 95.3 cm³/mol. The van der Waals surface area contributed by atoms with Gasteiger partial charge in [0.15, 0.2) is 16.7 Å². The Hall–Kier alpha value is -1.80. The van der Waals surface area contributed by atoms with Crippen molar-refractivity contribution in [1.82, 2.24) is 20.1 Å². The van der Waals surface area contributed by atoms with Crippen LogP contribution in [0, 0.1) is 5.92 Å². The minimum absolute atomic E-state index is 0.0147. The molecule has 1 amide bonds. The summed E-state index contributed by atoms with van der Waals surface area (Å²) in [6.07, 6.45) is 3.87. The van der Waals surface area contributed by atoms with Crippen LogP contribution in [0.4, 0.5) is 0 Å². The van der Waals surface area contributed by atoms with Crippen LogP contribution in [0.15, 0.2) is 28.0 Å². The predicted octanol–water partition coefficient (Wildman–Crippen LogP) is 2.58. The molecule has 1 aliphatic rings. The summed E-state index contributed by atoms with van der Waals surface area (Å²) in [4.78, 5) is 12.1. The van der Waals surface area contributed by atoms with Crippen molar-refractivity contribution in [3.05, 3.63) is 18.4 Å². The van der Waals surface area contributed by atoms with E-state index in [-0.39, 0.29) is 12.0 Å². The Morgan fingerprint density at radius 3 is 3.04 bits per heavy atom. The van der Waals surface area contributed by atoms with Crippen LogP contribution in [0.3, 0.4) is 0 Å². The zero-order valence-corrected chi connectivity index (χ0v) is 15.4. The van der Waals surface area contributed by atoms with Gasteiger partial charge in [-0.2, -0.15) is 0 Å². The maximum Gasteiger partial charge on any atom is 0.230 e. The van der Waals surface area contributed by atoms with Gasteiger partial charge in [0.2, 0.25) is 5.91 Å². The van der Waals surface area contributed by atoms with Crippen LogP contribution in [-0.2, 0) is 16.1 Å². The van der Waals surface area contributed by atoms with Gasteiger partial charge in [-0.15, -0.1) is 10.2 Å². The SMILES string of the molecule is CC(C)Cn1c(SCC(=O)NC[C@@H]2CCCO2)nnc1-c1ccco1. The number of rotatable bonds is 8. The first-order valence-corrected chi connectivity index (χ1v) is 9.60. The second-order valence-electron chi connectivity index (χ2n) is 6.52. The van der Waals surface area contributed by atoms with Gasteiger partial charge in [0.25, 0.3) is 0 Å². The number of ether oxygens (including phenoxy) is 1. The summed E-state index contributed by atoms with van der Waals surface area (Å²) < 4.78 is 13.0. The maximum atomic E-state index is 12.1. The van der Waals surface area contributed by atoms with E-state index in [9.17, 15) is 4.79 Å². The van der Waals surface area contributed by atoms with Gasteiger partial charge in [-0.25, -0.2) is 0 Å². The summed E-state index contributed by atoms with van der Waals surface area (Å²) in [5.41, 5.74) is 0. The maximum absolute atomic E-state index is 12.1. The van der Waals surface area contributed by atoms with E-state index in [1.54, 1.807) is 6.26 Å². The van der Waals surface area contributed by atoms with Crippen molar-refractivity contribution in [2.45, 2.75) is 44.5 Å². The first-order valence-electron chi connectivity index (χ1n) is 8.61. The average molecular weight is 364 g/mol. The average Bonchev–Trinajstić information content (AvgIpc) is 3.32. The first-order chi connectivity index (χ1) is 12.1. The van der Waals surface area contributed by atoms with Crippen molar-refractivity contribution in [2.75, 3.05) is 18.9 Å². The lowest BCUT2D eigenvalue weighted by Crippen LogP contribution is -2.33. The summed E-state index contributed by atoms with van der Waals surface area (Å²) in [5, 5.41) is 12.1. The molecule has 1 N–H and O–H groups in total. The molecule has 1 saturated heterocycles. The standard InChI is InChI=1S/C17H24N4O3S/c1-12(2)10-21-16(14-6-4-8-24-14)19-20-17(21)25-11-15(22)18-9-13-5-3-7-23-13/h4,6,8,12-13H,3,5,7,9-11H2,1-2H3,(H,18,22)/t13-/m0/s1. The van der Waals surface area contributed by atoms with E-state index in [1.165, 1.54) is 11.8 Å². The van der Waals surface area contributed by atoms with Crippen molar-refractivity contribution >= 4 is 17.7 Å². The Kier molecular flexibility index (Phi) is 6.14. The van der Waals surface area contributed by atoms with Gasteiger partial charge in [-0.3, -0.25) is 9.36 Å². The van der Waals surface area contributed by atoms with Gasteiger partial charge in [0.1, 0.15) is 0 Å². The number of furan rings is 1. The summed E-state index contributed by atoms with van der Waals surface area (Å²) in [6, 6.07) is 3.69. The largest absolute Gasteiger partial charge is 0.461 e. The van der Waals surface area contributed by atoms with Gasteiger partial charge in [-0.1, -0.05) is 25.6 Å². The second kappa shape index (κ2) is 8.53. The zero-order valence-electron chi connectivity index (χ0n) is 14.6. The molecule has 1 atom stereocenters. The van der Waals surface area contributed by atoms with Crippen molar-refractivity contribution in [3.63, 3.8) is 0 Å². The highest BCUT2D eigenvalue weighted by Crippen LogP contribution is 2.25. The summed E-state index contributed by atoms with van der Waals surface area (Å²) in [5.74, 6) is 2.10. The summed E-state index contributed by atoms with van der Waals surface area (Å²) in [6.45, 7) is 6.41. The van der Waals surface area contributed by atoms with Gasteiger partial charge >= 0.3 is 0 Å². The van der Waals surface area contributed by atoms with Crippen molar-refractivity contribution < 1.29 is 13.9 Å². The molecule has 0 unspecified atom stereocenters. The normalized spacial score (nSPS) is 17.3. The van der Waals surface area contributed by atoms with Crippen LogP contribution in [0.1, 0.15) is 26.7 Å². The van der Waals surface area contributed by atoms with Gasteiger partial charge in [-0.05, 0) is 30.9 Å². The molecule has 0 aromatic carbocycles. The van der Waals surface area contributed by atoms with Crippen LogP contribution in [-0.4, -0.2) is 45.7 Å². The van der Waals surface area contributed by atoms with Crippen LogP contribution in [0.2, 0.25) is 0 Å². The van der Waals surface area contributed by atoms with Crippen molar-refractivity contribution in [1.29, 1.82) is 0 Å². The van der Waals surface area contributed by atoms with E-state index < -0.39 is 0 Å². The number of hydrogen-bond acceptors (Lipinski definition) is 6. The molecule has 1 aliphatic heterocycles. The minimum Gasteiger partial charge on any atom is -0.461 e. The van der Waals surface area contributed by atoms with Gasteiger partial charge in [0, 0.05) is 19.7 Å². The molecule has 3 heterocycles. The van der Waals surface area contributed by atoms with Crippen LogP contribution in [0.5, 0.6) is 0 Å². The molecule has 8 heteroatoms. The lowest BCUT2D eigenvalue weighted by atomic mass is 10.2. The Morgan fingerprint density at radius 1 is 1.48 bits per heavy atom. The molecule has 136 valence electrons. The molecule has 0 aliphatic carbocycles. The topological polar surface area (TPSA) is 82.2 Å². The fourth-order valence-electron chi connectivity index (χ4n) is 2.73. The number of carbonyl (C=O) groups excluding carboxylic acids is 1. The number of aromatic nitrogens is 3. The van der Waals surface area contributed by atoms with E-state index >= 15 is 0 Å². The number of amides is 1. The molecule has 25 heavy (non-hydrogen) atoms. The Bertz CT molecular complexity index is 678. The van der Waals surface area contributed by atoms with Crippen LogP contribution >= 0.6 is 11.8 Å². The number of carbonyl (C=O) groups is 1. The van der Waals surface area contributed by atoms with E-state index in [0.717, 1.165) is 31.1 Å². The van der Waals surface area contributed by atoms with E-state index in [1.807, 2.05) is 16.7 Å². The quantitative estimate of drug-likeness (QED) is 0.725. The molecular weight excluding hydrogens is 340 g/mol. The van der Waals surface area contributed by atoms with Crippen molar-refractivity contribution in [3.8, 4) is 11.6 Å². The molecule has 0 radical (unpaired) electrons. The molecule has 0 saturated carbocycles. The number of hydrogen-bond donors (Lipinski definition) is 1. The molecule has 2 aromatic rings. The van der Waals surface area contributed by atoms with Crippen LogP contribution in [0.25, 0.3) is 11.6 Å². The Labute approximate surface area is 151 Å². The third kappa shape index (κ3) is 4.85. The number of nitrogens with zero attached hydrogens (tertiary/aromatic N) is 3. The smallest absolute Gasteiger partial charge is 0.230 e. The summed E-state index contributed by atoms with van der Waals surface area (Å²) in [7, 11) is 0. The van der Waals surface area contributed by atoms with E-state index in [2.05, 4.69) is 29.4 Å². The molecule has 0 bridgehead atoms. The molecule has 1 fully saturated rings. The second-order valence-corrected chi connectivity index (χ2v) is 7.46. The first kappa shape index (κ1) is 18.0. The lowest BCUT2D eigenvalue weighted by Gasteiger charge is -2.12. The lowest BCUT2D eigenvalue weighted by molar-refractivity contribution is -0.119. The summed E-state index contributed by atoms with van der Waals surface area (Å²) >= 11 is 1.39. The Morgan fingerprint density at radius 2 is 2.36 bits per heavy atom. The van der Waals surface area contributed by atoms with Gasteiger partial charge < -0.3 is 14.5 Å². The Balaban J connectivity index is 1.60. The van der Waals surface area contributed by atoms with Crippen LogP contribution < -0.4 is 5.32 Å². The highest BCUT2D eigenvalue weighted by atomic mass is 32.2. The van der Waals surface area contributed by atoms with Gasteiger partial charge in [0.05, 0.1) is 18.1 Å². The molecule has 7 nitrogen and oxygen atoms in total. The van der Waals surface area contributed by atoms with E-state index in [4.69, 9.17) is 9.15 Å². The number of nitrogens with one attached hydrogen (secondary N) is 1. The molecule has 0 spiro atoms. The van der Waals surface area contributed by atoms with Crippen molar-refractivity contribution in [2.24, 2.45) is 5.92 Å². The van der Waals surface area contributed by atoms with E-state index in [0.29, 0.717) is 29.8 Å². The molecule has 2 aromatic heterocycles. The minimum atomic E-state index is -0.0147. The fourth-order valence-corrected chi connectivity index (χ4v) is 3.51. The zero-order chi connectivity index (χ0) is 17.6. The fraction of sp³-hybridized carbons (Fsp3) is 0.588. The number of thioether (sulfide) groups is 1. The molecular formula is C17H24N4O3S. The molecule has 3 rings (SSSR count).